The number of carbonyl (C=O) groups excluding carboxylic acids is 1. The molecule has 0 radical (unpaired) electrons. The number of amides is 1. The Kier molecular flexibility index (Phi) is 6.06. The maximum Gasteiger partial charge on any atom is 0.251 e. The minimum Gasteiger partial charge on any atom is -0.365 e. The molecule has 1 unspecified atom stereocenters. The Hall–Kier alpha value is -2.47. The lowest BCUT2D eigenvalue weighted by Gasteiger charge is -2.12. The van der Waals surface area contributed by atoms with Crippen LogP contribution in [0.1, 0.15) is 53.8 Å². The molecule has 1 atom stereocenters. The fourth-order valence-electron chi connectivity index (χ4n) is 2.76. The molecule has 0 aliphatic carbocycles. The van der Waals surface area contributed by atoms with Gasteiger partial charge in [0.15, 0.2) is 0 Å². The zero-order valence-corrected chi connectivity index (χ0v) is 17.1. The van der Waals surface area contributed by atoms with E-state index in [-0.39, 0.29) is 11.9 Å². The maximum atomic E-state index is 12.2. The summed E-state index contributed by atoms with van der Waals surface area (Å²) in [5.74, 6) is 1.61. The molecule has 0 fully saturated rings. The van der Waals surface area contributed by atoms with Crippen LogP contribution in [0.5, 0.6) is 0 Å². The van der Waals surface area contributed by atoms with Gasteiger partial charge in [-0.05, 0) is 50.5 Å². The lowest BCUT2D eigenvalue weighted by molar-refractivity contribution is 0.0939. The molecule has 1 aromatic carbocycles. The Labute approximate surface area is 164 Å². The van der Waals surface area contributed by atoms with Crippen LogP contribution in [0.4, 0.5) is 5.82 Å². The number of aryl methyl sites for hydroxylation is 2. The summed E-state index contributed by atoms with van der Waals surface area (Å²) in [4.78, 5) is 23.6. The van der Waals surface area contributed by atoms with Crippen molar-refractivity contribution in [2.24, 2.45) is 0 Å². The van der Waals surface area contributed by atoms with E-state index in [9.17, 15) is 4.79 Å². The number of thiophene rings is 1. The van der Waals surface area contributed by atoms with Crippen LogP contribution < -0.4 is 10.6 Å². The number of benzene rings is 1. The summed E-state index contributed by atoms with van der Waals surface area (Å²) in [5.41, 5.74) is 1.79. The van der Waals surface area contributed by atoms with Crippen molar-refractivity contribution in [1.29, 1.82) is 0 Å². The normalized spacial score (nSPS) is 12.1. The van der Waals surface area contributed by atoms with E-state index in [1.807, 2.05) is 38.1 Å². The quantitative estimate of drug-likeness (QED) is 0.621. The first kappa shape index (κ1) is 19.3. The van der Waals surface area contributed by atoms with E-state index >= 15 is 0 Å². The molecule has 2 heterocycles. The van der Waals surface area contributed by atoms with E-state index < -0.39 is 0 Å². The summed E-state index contributed by atoms with van der Waals surface area (Å²) in [6.07, 6.45) is 1.92. The molecule has 3 aromatic rings. The van der Waals surface area contributed by atoms with E-state index in [4.69, 9.17) is 0 Å². The van der Waals surface area contributed by atoms with Crippen molar-refractivity contribution in [2.45, 2.75) is 53.1 Å². The van der Waals surface area contributed by atoms with Gasteiger partial charge in [-0.3, -0.25) is 4.79 Å². The molecule has 0 aliphatic rings. The predicted octanol–water partition coefficient (Wildman–Crippen LogP) is 4.70. The van der Waals surface area contributed by atoms with Gasteiger partial charge >= 0.3 is 0 Å². The molecule has 0 bridgehead atoms. The number of nitrogens with zero attached hydrogens (tertiary/aromatic N) is 2. The molecule has 2 aromatic heterocycles. The summed E-state index contributed by atoms with van der Waals surface area (Å²) in [6.45, 7) is 8.78. The van der Waals surface area contributed by atoms with Crippen molar-refractivity contribution in [3.05, 3.63) is 52.2 Å². The molecule has 6 heteroatoms. The van der Waals surface area contributed by atoms with Crippen LogP contribution in [0.3, 0.4) is 0 Å². The second-order valence-electron chi connectivity index (χ2n) is 6.74. The minimum atomic E-state index is -0.0256. The van der Waals surface area contributed by atoms with Crippen LogP contribution in [0, 0.1) is 6.92 Å². The van der Waals surface area contributed by atoms with Crippen molar-refractivity contribution in [1.82, 2.24) is 15.3 Å². The van der Waals surface area contributed by atoms with Gasteiger partial charge in [-0.1, -0.05) is 26.0 Å². The number of carbonyl (C=O) groups is 1. The van der Waals surface area contributed by atoms with Gasteiger partial charge < -0.3 is 10.6 Å². The van der Waals surface area contributed by atoms with Gasteiger partial charge in [0, 0.05) is 23.0 Å². The summed E-state index contributed by atoms with van der Waals surface area (Å²) >= 11 is 1.72. The highest BCUT2D eigenvalue weighted by Gasteiger charge is 2.11. The molecule has 0 aliphatic heterocycles. The number of rotatable bonds is 7. The van der Waals surface area contributed by atoms with Gasteiger partial charge in [0.05, 0.1) is 5.39 Å². The number of hydrogen-bond acceptors (Lipinski definition) is 5. The SMILES string of the molecule is CCc1cc2c(NCc3ccc(C(=O)NC(C)CC)cc3)nc(C)nc2s1. The smallest absolute Gasteiger partial charge is 0.251 e. The van der Waals surface area contributed by atoms with E-state index in [0.717, 1.165) is 40.3 Å². The molecular formula is C21H26N4OS. The molecule has 0 saturated carbocycles. The number of fused-ring (bicyclic) bond motifs is 1. The first-order valence-corrected chi connectivity index (χ1v) is 10.2. The zero-order chi connectivity index (χ0) is 19.4. The van der Waals surface area contributed by atoms with E-state index in [0.29, 0.717) is 12.1 Å². The molecule has 3 rings (SSSR count). The molecule has 1 amide bonds. The van der Waals surface area contributed by atoms with Crippen LogP contribution >= 0.6 is 11.3 Å². The zero-order valence-electron chi connectivity index (χ0n) is 16.3. The Bertz CT molecular complexity index is 933. The number of hydrogen-bond donors (Lipinski definition) is 2. The van der Waals surface area contributed by atoms with Crippen LogP contribution in [0.2, 0.25) is 0 Å². The number of anilines is 1. The van der Waals surface area contributed by atoms with Gasteiger partial charge in [0.2, 0.25) is 0 Å². The van der Waals surface area contributed by atoms with Crippen molar-refractivity contribution >= 4 is 33.3 Å². The van der Waals surface area contributed by atoms with Crippen molar-refractivity contribution < 1.29 is 4.79 Å². The molecule has 2 N–H and O–H groups in total. The summed E-state index contributed by atoms with van der Waals surface area (Å²) in [5, 5.41) is 7.49. The minimum absolute atomic E-state index is 0.0256. The summed E-state index contributed by atoms with van der Waals surface area (Å²) in [7, 11) is 0. The molecule has 142 valence electrons. The monoisotopic (exact) mass is 382 g/mol. The highest BCUT2D eigenvalue weighted by atomic mass is 32.1. The molecule has 27 heavy (non-hydrogen) atoms. The fraction of sp³-hybridized carbons (Fsp3) is 0.381. The van der Waals surface area contributed by atoms with Crippen molar-refractivity contribution in [3.8, 4) is 0 Å². The third kappa shape index (κ3) is 4.63. The predicted molar refractivity (Wildman–Crippen MR) is 113 cm³/mol. The van der Waals surface area contributed by atoms with Gasteiger partial charge in [-0.25, -0.2) is 9.97 Å². The highest BCUT2D eigenvalue weighted by molar-refractivity contribution is 7.18. The number of nitrogens with one attached hydrogen (secondary N) is 2. The first-order valence-electron chi connectivity index (χ1n) is 9.40. The van der Waals surface area contributed by atoms with Crippen LogP contribution in [-0.2, 0) is 13.0 Å². The van der Waals surface area contributed by atoms with Crippen LogP contribution in [0.15, 0.2) is 30.3 Å². The van der Waals surface area contributed by atoms with E-state index in [1.54, 1.807) is 11.3 Å². The fourth-order valence-corrected chi connectivity index (χ4v) is 3.77. The topological polar surface area (TPSA) is 66.9 Å². The van der Waals surface area contributed by atoms with Crippen molar-refractivity contribution in [3.63, 3.8) is 0 Å². The average molecular weight is 383 g/mol. The third-order valence-corrected chi connectivity index (χ3v) is 5.74. The van der Waals surface area contributed by atoms with Crippen molar-refractivity contribution in [2.75, 3.05) is 5.32 Å². The number of aromatic nitrogens is 2. The maximum absolute atomic E-state index is 12.2. The lowest BCUT2D eigenvalue weighted by Crippen LogP contribution is -2.31. The molecule has 0 spiro atoms. The molecular weight excluding hydrogens is 356 g/mol. The largest absolute Gasteiger partial charge is 0.365 e. The van der Waals surface area contributed by atoms with Gasteiger partial charge in [0.1, 0.15) is 16.5 Å². The average Bonchev–Trinajstić information content (AvgIpc) is 3.09. The Morgan fingerprint density at radius 1 is 1.19 bits per heavy atom. The van der Waals surface area contributed by atoms with Gasteiger partial charge in [-0.15, -0.1) is 11.3 Å². The molecule has 5 nitrogen and oxygen atoms in total. The Morgan fingerprint density at radius 2 is 1.93 bits per heavy atom. The lowest BCUT2D eigenvalue weighted by atomic mass is 10.1. The Balaban J connectivity index is 1.71. The second kappa shape index (κ2) is 8.48. The summed E-state index contributed by atoms with van der Waals surface area (Å²) < 4.78 is 0. The summed E-state index contributed by atoms with van der Waals surface area (Å²) in [6, 6.07) is 10.1. The standard InChI is InChI=1S/C21H26N4OS/c1-5-13(3)23-20(26)16-9-7-15(8-10-16)12-22-19-18-11-17(6-2)27-21(18)25-14(4)24-19/h7-11,13H,5-6,12H2,1-4H3,(H,23,26)(H,22,24,25). The van der Waals surface area contributed by atoms with Gasteiger partial charge in [0.25, 0.3) is 5.91 Å². The molecule has 0 saturated heterocycles. The highest BCUT2D eigenvalue weighted by Crippen LogP contribution is 2.29. The van der Waals surface area contributed by atoms with E-state index in [1.165, 1.54) is 4.88 Å². The van der Waals surface area contributed by atoms with Gasteiger partial charge in [-0.2, -0.15) is 0 Å². The van der Waals surface area contributed by atoms with Crippen LogP contribution in [0.25, 0.3) is 10.2 Å². The van der Waals surface area contributed by atoms with Crippen LogP contribution in [-0.4, -0.2) is 21.9 Å². The second-order valence-corrected chi connectivity index (χ2v) is 7.85. The first-order chi connectivity index (χ1) is 13.0. The Morgan fingerprint density at radius 3 is 2.59 bits per heavy atom. The third-order valence-electron chi connectivity index (χ3n) is 4.57. The van der Waals surface area contributed by atoms with E-state index in [2.05, 4.69) is 40.5 Å².